The van der Waals surface area contributed by atoms with Gasteiger partial charge in [-0.15, -0.1) is 0 Å². The van der Waals surface area contributed by atoms with Crippen molar-refractivity contribution in [2.45, 2.75) is 26.6 Å². The highest BCUT2D eigenvalue weighted by Crippen LogP contribution is 2.26. The van der Waals surface area contributed by atoms with Gasteiger partial charge < -0.3 is 5.73 Å². The first-order valence-corrected chi connectivity index (χ1v) is 6.20. The summed E-state index contributed by atoms with van der Waals surface area (Å²) in [6, 6.07) is 6.21. The molecule has 1 aliphatic rings. The molecule has 0 saturated carbocycles. The molecule has 0 amide bonds. The van der Waals surface area contributed by atoms with Crippen molar-refractivity contribution in [1.82, 2.24) is 14.7 Å². The zero-order valence-electron chi connectivity index (χ0n) is 10.8. The molecular formula is C14H18N4. The first-order valence-electron chi connectivity index (χ1n) is 6.20. The highest BCUT2D eigenvalue weighted by atomic mass is 15.3. The first-order chi connectivity index (χ1) is 8.63. The summed E-state index contributed by atoms with van der Waals surface area (Å²) in [6.07, 6.45) is 1.96. The van der Waals surface area contributed by atoms with Crippen LogP contribution in [-0.4, -0.2) is 14.7 Å². The molecule has 3 rings (SSSR count). The van der Waals surface area contributed by atoms with Crippen LogP contribution in [0.1, 0.15) is 22.4 Å². The third-order valence-electron chi connectivity index (χ3n) is 3.75. The fraction of sp³-hybridized carbons (Fsp3) is 0.357. The zero-order valence-corrected chi connectivity index (χ0v) is 10.8. The van der Waals surface area contributed by atoms with E-state index in [0.29, 0.717) is 0 Å². The molecule has 18 heavy (non-hydrogen) atoms. The average Bonchev–Trinajstić information content (AvgIpc) is 2.86. The van der Waals surface area contributed by atoms with Crippen LogP contribution in [0.25, 0.3) is 0 Å². The van der Waals surface area contributed by atoms with Gasteiger partial charge in [0, 0.05) is 43.6 Å². The second-order valence-electron chi connectivity index (χ2n) is 5.05. The van der Waals surface area contributed by atoms with Crippen molar-refractivity contribution in [3.8, 4) is 0 Å². The molecule has 4 nitrogen and oxygen atoms in total. The Morgan fingerprint density at radius 1 is 1.28 bits per heavy atom. The Morgan fingerprint density at radius 3 is 2.78 bits per heavy atom. The summed E-state index contributed by atoms with van der Waals surface area (Å²) < 4.78 is 1.93. The van der Waals surface area contributed by atoms with Crippen molar-refractivity contribution in [3.05, 3.63) is 46.8 Å². The van der Waals surface area contributed by atoms with E-state index in [1.165, 1.54) is 22.4 Å². The van der Waals surface area contributed by atoms with Crippen molar-refractivity contribution < 1.29 is 0 Å². The van der Waals surface area contributed by atoms with Gasteiger partial charge in [-0.05, 0) is 30.2 Å². The summed E-state index contributed by atoms with van der Waals surface area (Å²) >= 11 is 0. The minimum Gasteiger partial charge on any atom is -0.399 e. The van der Waals surface area contributed by atoms with Crippen LogP contribution in [0.2, 0.25) is 0 Å². The predicted octanol–water partition coefficient (Wildman–Crippen LogP) is 1.83. The number of fused-ring (bicyclic) bond motifs is 1. The molecule has 0 bridgehead atoms. The zero-order chi connectivity index (χ0) is 12.7. The highest BCUT2D eigenvalue weighted by Gasteiger charge is 2.20. The fourth-order valence-corrected chi connectivity index (χ4v) is 2.54. The van der Waals surface area contributed by atoms with E-state index in [1.807, 2.05) is 24.0 Å². The molecule has 2 heterocycles. The Bertz CT molecular complexity index is 585. The van der Waals surface area contributed by atoms with Gasteiger partial charge in [-0.1, -0.05) is 6.07 Å². The SMILES string of the molecule is Cc1c(CN2Cc3ccc(N)cc3C2)cnn1C. The number of hydrogen-bond donors (Lipinski definition) is 1. The fourth-order valence-electron chi connectivity index (χ4n) is 2.54. The van der Waals surface area contributed by atoms with Crippen LogP contribution in [0.4, 0.5) is 5.69 Å². The summed E-state index contributed by atoms with van der Waals surface area (Å²) in [5, 5.41) is 4.29. The van der Waals surface area contributed by atoms with Gasteiger partial charge in [0.2, 0.25) is 0 Å². The Balaban J connectivity index is 1.76. The lowest BCUT2D eigenvalue weighted by Gasteiger charge is -2.14. The topological polar surface area (TPSA) is 47.1 Å². The van der Waals surface area contributed by atoms with Gasteiger partial charge in [0.1, 0.15) is 0 Å². The average molecular weight is 242 g/mol. The van der Waals surface area contributed by atoms with Crippen LogP contribution >= 0.6 is 0 Å². The van der Waals surface area contributed by atoms with Crippen LogP contribution in [0.5, 0.6) is 0 Å². The van der Waals surface area contributed by atoms with Crippen molar-refractivity contribution in [2.75, 3.05) is 5.73 Å². The number of rotatable bonds is 2. The number of nitrogens with two attached hydrogens (primary N) is 1. The second-order valence-corrected chi connectivity index (χ2v) is 5.05. The molecule has 0 spiro atoms. The van der Waals surface area contributed by atoms with Crippen molar-refractivity contribution in [3.63, 3.8) is 0 Å². The minimum absolute atomic E-state index is 0.855. The molecule has 94 valence electrons. The minimum atomic E-state index is 0.855. The lowest BCUT2D eigenvalue weighted by Crippen LogP contribution is -2.16. The van der Waals surface area contributed by atoms with Crippen LogP contribution in [0.15, 0.2) is 24.4 Å². The van der Waals surface area contributed by atoms with E-state index in [4.69, 9.17) is 5.73 Å². The normalized spacial score (nSPS) is 15.0. The molecule has 0 atom stereocenters. The molecule has 2 N–H and O–H groups in total. The van der Waals surface area contributed by atoms with E-state index < -0.39 is 0 Å². The molecule has 0 unspecified atom stereocenters. The lowest BCUT2D eigenvalue weighted by atomic mass is 10.1. The van der Waals surface area contributed by atoms with E-state index in [2.05, 4.69) is 29.1 Å². The molecule has 1 aromatic carbocycles. The van der Waals surface area contributed by atoms with Crippen LogP contribution < -0.4 is 5.73 Å². The van der Waals surface area contributed by atoms with Gasteiger partial charge in [-0.3, -0.25) is 9.58 Å². The van der Waals surface area contributed by atoms with Gasteiger partial charge in [-0.25, -0.2) is 0 Å². The Hall–Kier alpha value is -1.81. The van der Waals surface area contributed by atoms with Crippen LogP contribution in [-0.2, 0) is 26.7 Å². The standard InChI is InChI=1S/C14H18N4/c1-10-13(6-16-17(10)2)9-18-7-11-3-4-14(15)5-12(11)8-18/h3-6H,7-9,15H2,1-2H3. The monoisotopic (exact) mass is 242 g/mol. The maximum atomic E-state index is 5.82. The smallest absolute Gasteiger partial charge is 0.0537 e. The van der Waals surface area contributed by atoms with Crippen molar-refractivity contribution in [2.24, 2.45) is 7.05 Å². The van der Waals surface area contributed by atoms with Gasteiger partial charge in [-0.2, -0.15) is 5.10 Å². The highest BCUT2D eigenvalue weighted by molar-refractivity contribution is 5.46. The number of benzene rings is 1. The summed E-state index contributed by atoms with van der Waals surface area (Å²) in [6.45, 7) is 5.05. The number of nitrogens with zero attached hydrogens (tertiary/aromatic N) is 3. The van der Waals surface area contributed by atoms with Crippen LogP contribution in [0.3, 0.4) is 0 Å². The lowest BCUT2D eigenvalue weighted by molar-refractivity contribution is 0.275. The van der Waals surface area contributed by atoms with E-state index in [-0.39, 0.29) is 0 Å². The molecule has 0 fully saturated rings. The summed E-state index contributed by atoms with van der Waals surface area (Å²) in [5.41, 5.74) is 12.0. The number of anilines is 1. The Labute approximate surface area is 107 Å². The quantitative estimate of drug-likeness (QED) is 0.817. The van der Waals surface area contributed by atoms with Gasteiger partial charge in [0.25, 0.3) is 0 Å². The first kappa shape index (κ1) is 11.3. The number of nitrogen functional groups attached to an aromatic ring is 1. The van der Waals surface area contributed by atoms with E-state index in [0.717, 1.165) is 25.3 Å². The second kappa shape index (κ2) is 4.14. The molecule has 1 aromatic heterocycles. The number of aromatic nitrogens is 2. The third kappa shape index (κ3) is 1.88. The van der Waals surface area contributed by atoms with E-state index >= 15 is 0 Å². The maximum absolute atomic E-state index is 5.82. The van der Waals surface area contributed by atoms with Crippen molar-refractivity contribution in [1.29, 1.82) is 0 Å². The number of hydrogen-bond acceptors (Lipinski definition) is 3. The largest absolute Gasteiger partial charge is 0.399 e. The molecule has 1 aliphatic heterocycles. The maximum Gasteiger partial charge on any atom is 0.0537 e. The van der Waals surface area contributed by atoms with Gasteiger partial charge >= 0.3 is 0 Å². The third-order valence-corrected chi connectivity index (χ3v) is 3.75. The summed E-state index contributed by atoms with van der Waals surface area (Å²) in [5.74, 6) is 0. The Morgan fingerprint density at radius 2 is 2.06 bits per heavy atom. The van der Waals surface area contributed by atoms with Gasteiger partial charge in [0.05, 0.1) is 6.20 Å². The summed E-state index contributed by atoms with van der Waals surface area (Å²) in [4.78, 5) is 2.42. The van der Waals surface area contributed by atoms with E-state index in [9.17, 15) is 0 Å². The molecule has 0 radical (unpaired) electrons. The van der Waals surface area contributed by atoms with Crippen LogP contribution in [0, 0.1) is 6.92 Å². The molecule has 0 aliphatic carbocycles. The molecular weight excluding hydrogens is 224 g/mol. The van der Waals surface area contributed by atoms with Crippen molar-refractivity contribution >= 4 is 5.69 Å². The predicted molar refractivity (Wildman–Crippen MR) is 71.8 cm³/mol. The van der Waals surface area contributed by atoms with E-state index in [1.54, 1.807) is 0 Å². The Kier molecular flexibility index (Phi) is 2.59. The molecule has 2 aromatic rings. The molecule has 4 heteroatoms. The summed E-state index contributed by atoms with van der Waals surface area (Å²) in [7, 11) is 1.98. The molecule has 0 saturated heterocycles. The number of aryl methyl sites for hydroxylation is 1. The van der Waals surface area contributed by atoms with Gasteiger partial charge in [0.15, 0.2) is 0 Å².